The van der Waals surface area contributed by atoms with Crippen LogP contribution in [0.5, 0.6) is 0 Å². The molecule has 2 aromatic rings. The molecule has 128 valence electrons. The number of carboxylic acid groups (broad SMARTS) is 1. The first-order valence-corrected chi connectivity index (χ1v) is 8.52. The lowest BCUT2D eigenvalue weighted by Crippen LogP contribution is -2.45. The lowest BCUT2D eigenvalue weighted by molar-refractivity contribution is -0.138. The third-order valence-electron chi connectivity index (χ3n) is 3.41. The van der Waals surface area contributed by atoms with Gasteiger partial charge in [-0.2, -0.15) is 8.42 Å². The Kier molecular flexibility index (Phi) is 5.05. The van der Waals surface area contributed by atoms with Crippen molar-refractivity contribution >= 4 is 38.5 Å². The Morgan fingerprint density at radius 2 is 1.83 bits per heavy atom. The monoisotopic (exact) mass is 352 g/mol. The second-order valence-electron chi connectivity index (χ2n) is 5.07. The first-order chi connectivity index (χ1) is 11.2. The molecule has 9 heteroatoms. The van der Waals surface area contributed by atoms with Gasteiger partial charge in [0.05, 0.1) is 5.56 Å². The highest BCUT2D eigenvalue weighted by Crippen LogP contribution is 2.26. The van der Waals surface area contributed by atoms with Crippen molar-refractivity contribution in [2.75, 3.05) is 18.1 Å². The van der Waals surface area contributed by atoms with Crippen LogP contribution in [0.25, 0.3) is 10.8 Å². The summed E-state index contributed by atoms with van der Waals surface area (Å²) in [5, 5.41) is 15.4. The van der Waals surface area contributed by atoms with Crippen LogP contribution < -0.4 is 10.6 Å². The van der Waals surface area contributed by atoms with E-state index in [1.54, 1.807) is 43.4 Å². The Morgan fingerprint density at radius 1 is 1.17 bits per heavy atom. The summed E-state index contributed by atoms with van der Waals surface area (Å²) in [7, 11) is -2.96. The normalized spacial score (nSPS) is 12.6. The molecule has 1 unspecified atom stereocenters. The number of fused-ring (bicyclic) bond motifs is 1. The molecule has 1 atom stereocenters. The van der Waals surface area contributed by atoms with Crippen LogP contribution >= 0.6 is 0 Å². The van der Waals surface area contributed by atoms with Gasteiger partial charge in [-0.15, -0.1) is 0 Å². The van der Waals surface area contributed by atoms with Crippen molar-refractivity contribution in [2.24, 2.45) is 0 Å². The Labute approximate surface area is 138 Å². The molecule has 0 bridgehead atoms. The van der Waals surface area contributed by atoms with Gasteiger partial charge in [-0.25, -0.2) is 4.79 Å². The van der Waals surface area contributed by atoms with Gasteiger partial charge < -0.3 is 15.7 Å². The maximum Gasteiger partial charge on any atom is 0.327 e. The number of carbonyl (C=O) groups excluding carboxylic acids is 1. The molecule has 0 aliphatic heterocycles. The van der Waals surface area contributed by atoms with Crippen LogP contribution in [0, 0.1) is 0 Å². The quantitative estimate of drug-likeness (QED) is 0.569. The fraction of sp³-hybridized carbons (Fsp3) is 0.200. The Bertz CT molecular complexity index is 894. The standard InChI is InChI=1S/C15H16N2O6S/c1-16-11-7-6-9-4-2-3-5-10(9)13(11)14(18)17-12(15(19)20)8-24(21,22)23/h2-7,12,16H,8H2,1H3,(H,17,18)(H,19,20)(H,21,22,23). The molecule has 0 heterocycles. The second-order valence-corrected chi connectivity index (χ2v) is 6.57. The first-order valence-electron chi connectivity index (χ1n) is 6.91. The molecule has 0 fully saturated rings. The lowest BCUT2D eigenvalue weighted by atomic mass is 10.0. The zero-order valence-electron chi connectivity index (χ0n) is 12.7. The van der Waals surface area contributed by atoms with Crippen molar-refractivity contribution in [2.45, 2.75) is 6.04 Å². The molecule has 0 saturated heterocycles. The molecule has 0 saturated carbocycles. The van der Waals surface area contributed by atoms with Gasteiger partial charge in [-0.05, 0) is 16.8 Å². The smallest absolute Gasteiger partial charge is 0.327 e. The number of aliphatic carboxylic acids is 1. The summed E-state index contributed by atoms with van der Waals surface area (Å²) in [5.74, 6) is -3.44. The summed E-state index contributed by atoms with van der Waals surface area (Å²) in [5.41, 5.74) is 0.652. The van der Waals surface area contributed by atoms with E-state index in [0.717, 1.165) is 5.39 Å². The van der Waals surface area contributed by atoms with E-state index in [0.29, 0.717) is 11.1 Å². The molecule has 2 aromatic carbocycles. The number of hydrogen-bond acceptors (Lipinski definition) is 5. The SMILES string of the molecule is CNc1ccc2ccccc2c1C(=O)NC(CS(=O)(=O)O)C(=O)O. The largest absolute Gasteiger partial charge is 0.480 e. The van der Waals surface area contributed by atoms with Gasteiger partial charge in [0, 0.05) is 12.7 Å². The van der Waals surface area contributed by atoms with E-state index in [9.17, 15) is 18.0 Å². The van der Waals surface area contributed by atoms with Crippen LogP contribution in [0.4, 0.5) is 5.69 Å². The van der Waals surface area contributed by atoms with Crippen LogP contribution in [-0.4, -0.2) is 48.8 Å². The Hall–Kier alpha value is -2.65. The van der Waals surface area contributed by atoms with Crippen molar-refractivity contribution in [1.82, 2.24) is 5.32 Å². The highest BCUT2D eigenvalue weighted by Gasteiger charge is 2.27. The molecule has 0 aliphatic rings. The molecule has 8 nitrogen and oxygen atoms in total. The Balaban J connectivity index is 2.45. The van der Waals surface area contributed by atoms with Crippen LogP contribution in [0.2, 0.25) is 0 Å². The van der Waals surface area contributed by atoms with E-state index in [4.69, 9.17) is 9.66 Å². The molecule has 2 rings (SSSR count). The minimum Gasteiger partial charge on any atom is -0.480 e. The Morgan fingerprint density at radius 3 is 2.42 bits per heavy atom. The number of carbonyl (C=O) groups is 2. The van der Waals surface area contributed by atoms with Crippen molar-refractivity contribution in [3.63, 3.8) is 0 Å². The van der Waals surface area contributed by atoms with E-state index in [-0.39, 0.29) is 5.56 Å². The van der Waals surface area contributed by atoms with Gasteiger partial charge in [0.25, 0.3) is 16.0 Å². The number of anilines is 1. The highest BCUT2D eigenvalue weighted by molar-refractivity contribution is 7.85. The number of rotatable bonds is 6. The summed E-state index contributed by atoms with van der Waals surface area (Å²) < 4.78 is 30.7. The summed E-state index contributed by atoms with van der Waals surface area (Å²) in [6.07, 6.45) is 0. The minimum absolute atomic E-state index is 0.192. The molecule has 0 radical (unpaired) electrons. The minimum atomic E-state index is -4.57. The van der Waals surface area contributed by atoms with Crippen LogP contribution in [0.15, 0.2) is 36.4 Å². The zero-order valence-corrected chi connectivity index (χ0v) is 13.5. The summed E-state index contributed by atoms with van der Waals surface area (Å²) in [6, 6.07) is 8.70. The number of amides is 1. The van der Waals surface area contributed by atoms with Crippen LogP contribution in [0.1, 0.15) is 10.4 Å². The number of carboxylic acids is 1. The van der Waals surface area contributed by atoms with Crippen LogP contribution in [-0.2, 0) is 14.9 Å². The van der Waals surface area contributed by atoms with E-state index in [2.05, 4.69) is 10.6 Å². The zero-order chi connectivity index (χ0) is 17.9. The number of nitrogens with one attached hydrogen (secondary N) is 2. The predicted molar refractivity (Wildman–Crippen MR) is 88.8 cm³/mol. The maximum atomic E-state index is 12.5. The van der Waals surface area contributed by atoms with E-state index in [1.165, 1.54) is 0 Å². The van der Waals surface area contributed by atoms with E-state index >= 15 is 0 Å². The van der Waals surface area contributed by atoms with Gasteiger partial charge in [0.2, 0.25) is 0 Å². The third kappa shape index (κ3) is 4.00. The van der Waals surface area contributed by atoms with Gasteiger partial charge in [0.1, 0.15) is 11.8 Å². The van der Waals surface area contributed by atoms with Crippen LogP contribution in [0.3, 0.4) is 0 Å². The fourth-order valence-electron chi connectivity index (χ4n) is 2.34. The van der Waals surface area contributed by atoms with Crippen molar-refractivity contribution in [3.8, 4) is 0 Å². The highest BCUT2D eigenvalue weighted by atomic mass is 32.2. The van der Waals surface area contributed by atoms with Crippen molar-refractivity contribution in [1.29, 1.82) is 0 Å². The predicted octanol–water partition coefficient (Wildman–Crippen LogP) is 0.952. The van der Waals surface area contributed by atoms with E-state index < -0.39 is 33.8 Å². The van der Waals surface area contributed by atoms with Gasteiger partial charge in [0.15, 0.2) is 0 Å². The van der Waals surface area contributed by atoms with Crippen molar-refractivity contribution < 1.29 is 27.7 Å². The van der Waals surface area contributed by atoms with Gasteiger partial charge >= 0.3 is 5.97 Å². The molecule has 0 aliphatic carbocycles. The van der Waals surface area contributed by atoms with Gasteiger partial charge in [-0.1, -0.05) is 30.3 Å². The number of hydrogen-bond donors (Lipinski definition) is 4. The van der Waals surface area contributed by atoms with Gasteiger partial charge in [-0.3, -0.25) is 9.35 Å². The van der Waals surface area contributed by atoms with Crippen molar-refractivity contribution in [3.05, 3.63) is 42.0 Å². The molecular weight excluding hydrogens is 336 g/mol. The molecule has 4 N–H and O–H groups in total. The molecule has 1 amide bonds. The number of benzene rings is 2. The first kappa shape index (κ1) is 17.7. The average Bonchev–Trinajstić information content (AvgIpc) is 2.51. The molecular formula is C15H16N2O6S. The maximum absolute atomic E-state index is 12.5. The topological polar surface area (TPSA) is 133 Å². The summed E-state index contributed by atoms with van der Waals surface area (Å²) >= 11 is 0. The molecule has 24 heavy (non-hydrogen) atoms. The second kappa shape index (κ2) is 6.85. The van der Waals surface area contributed by atoms with E-state index in [1.807, 2.05) is 0 Å². The lowest BCUT2D eigenvalue weighted by Gasteiger charge is -2.16. The summed E-state index contributed by atoms with van der Waals surface area (Å²) in [4.78, 5) is 23.7. The average molecular weight is 352 g/mol. The fourth-order valence-corrected chi connectivity index (χ4v) is 2.99. The third-order valence-corrected chi connectivity index (χ3v) is 4.16. The summed E-state index contributed by atoms with van der Waals surface area (Å²) in [6.45, 7) is 0. The molecule has 0 aromatic heterocycles. The molecule has 0 spiro atoms.